The van der Waals surface area contributed by atoms with E-state index < -0.39 is 5.82 Å². The van der Waals surface area contributed by atoms with E-state index in [1.165, 1.54) is 6.07 Å². The van der Waals surface area contributed by atoms with Crippen molar-refractivity contribution in [2.24, 2.45) is 0 Å². The predicted octanol–water partition coefficient (Wildman–Crippen LogP) is 2.50. The van der Waals surface area contributed by atoms with E-state index in [1.54, 1.807) is 19.9 Å². The van der Waals surface area contributed by atoms with E-state index in [0.29, 0.717) is 18.6 Å². The topological polar surface area (TPSA) is 50.1 Å². The molecule has 0 aliphatic carbocycles. The van der Waals surface area contributed by atoms with Crippen LogP contribution in [0.15, 0.2) is 12.1 Å². The molecule has 0 N–H and O–H groups in total. The number of hydrogen-bond donors (Lipinski definition) is 0. The summed E-state index contributed by atoms with van der Waals surface area (Å²) in [4.78, 5) is 11.2. The van der Waals surface area contributed by atoms with E-state index in [4.69, 9.17) is 10.00 Å². The lowest BCUT2D eigenvalue weighted by Gasteiger charge is -2.07. The molecule has 0 radical (unpaired) electrons. The molecule has 0 spiro atoms. The van der Waals surface area contributed by atoms with E-state index in [9.17, 15) is 9.18 Å². The summed E-state index contributed by atoms with van der Waals surface area (Å²) in [5.74, 6) is -0.806. The number of esters is 1. The molecule has 0 unspecified atom stereocenters. The Kier molecular flexibility index (Phi) is 4.65. The van der Waals surface area contributed by atoms with Crippen molar-refractivity contribution in [3.8, 4) is 6.07 Å². The number of benzene rings is 1. The number of carbonyl (C=O) groups is 1. The molecule has 1 rings (SSSR count). The summed E-state index contributed by atoms with van der Waals surface area (Å²) >= 11 is 0. The number of hydrogen-bond acceptors (Lipinski definition) is 3. The van der Waals surface area contributed by atoms with Crippen molar-refractivity contribution in [3.05, 3.63) is 34.6 Å². The number of nitrogens with zero attached hydrogens (tertiary/aromatic N) is 1. The number of rotatable bonds is 4. The standard InChI is InChI=1S/C13H14FNO2/c1-3-17-13(16)7-5-10-4-6-12(14)11(8-15)9(10)2/h4,6H,3,5,7H2,1-2H3. The quantitative estimate of drug-likeness (QED) is 0.753. The van der Waals surface area contributed by atoms with Crippen LogP contribution in [0, 0.1) is 24.1 Å². The molecule has 0 aliphatic rings. The molecule has 4 heteroatoms. The average molecular weight is 235 g/mol. The second-order valence-corrected chi connectivity index (χ2v) is 3.62. The van der Waals surface area contributed by atoms with Crippen LogP contribution in [0.5, 0.6) is 0 Å². The zero-order valence-corrected chi connectivity index (χ0v) is 9.92. The molecule has 0 atom stereocenters. The van der Waals surface area contributed by atoms with Crippen LogP contribution in [0.2, 0.25) is 0 Å². The zero-order chi connectivity index (χ0) is 12.8. The van der Waals surface area contributed by atoms with E-state index in [0.717, 1.165) is 5.56 Å². The highest BCUT2D eigenvalue weighted by molar-refractivity contribution is 5.69. The Hall–Kier alpha value is -1.89. The SMILES string of the molecule is CCOC(=O)CCc1ccc(F)c(C#N)c1C. The fourth-order valence-electron chi connectivity index (χ4n) is 1.60. The molecule has 0 saturated heterocycles. The van der Waals surface area contributed by atoms with Crippen LogP contribution in [0.25, 0.3) is 0 Å². The maximum atomic E-state index is 13.2. The molecule has 17 heavy (non-hydrogen) atoms. The normalized spacial score (nSPS) is 9.76. The van der Waals surface area contributed by atoms with Gasteiger partial charge in [0.1, 0.15) is 11.9 Å². The minimum atomic E-state index is -0.523. The Morgan fingerprint density at radius 3 is 2.82 bits per heavy atom. The Morgan fingerprint density at radius 2 is 2.24 bits per heavy atom. The smallest absolute Gasteiger partial charge is 0.306 e. The van der Waals surface area contributed by atoms with Gasteiger partial charge in [0.05, 0.1) is 12.2 Å². The first kappa shape index (κ1) is 13.2. The summed E-state index contributed by atoms with van der Waals surface area (Å²) in [6.07, 6.45) is 0.699. The lowest BCUT2D eigenvalue weighted by molar-refractivity contribution is -0.143. The fraction of sp³-hybridized carbons (Fsp3) is 0.385. The second-order valence-electron chi connectivity index (χ2n) is 3.62. The number of ether oxygens (including phenoxy) is 1. The van der Waals surface area contributed by atoms with E-state index in [1.807, 2.05) is 6.07 Å². The third-order valence-corrected chi connectivity index (χ3v) is 2.54. The van der Waals surface area contributed by atoms with Gasteiger partial charge in [-0.05, 0) is 37.5 Å². The van der Waals surface area contributed by atoms with Gasteiger partial charge >= 0.3 is 5.97 Å². The lowest BCUT2D eigenvalue weighted by atomic mass is 9.99. The van der Waals surface area contributed by atoms with Gasteiger partial charge in [-0.15, -0.1) is 0 Å². The van der Waals surface area contributed by atoms with Gasteiger partial charge < -0.3 is 4.74 Å². The molecule has 0 fully saturated rings. The molecule has 0 heterocycles. The number of halogens is 1. The van der Waals surface area contributed by atoms with Crippen molar-refractivity contribution in [3.63, 3.8) is 0 Å². The third kappa shape index (κ3) is 3.28. The third-order valence-electron chi connectivity index (χ3n) is 2.54. The lowest BCUT2D eigenvalue weighted by Crippen LogP contribution is -2.06. The van der Waals surface area contributed by atoms with Gasteiger partial charge in [-0.25, -0.2) is 4.39 Å². The van der Waals surface area contributed by atoms with Crippen LogP contribution in [0.4, 0.5) is 4.39 Å². The Balaban J connectivity index is 2.80. The van der Waals surface area contributed by atoms with Gasteiger partial charge in [0.15, 0.2) is 0 Å². The Bertz CT molecular complexity index is 463. The summed E-state index contributed by atoms with van der Waals surface area (Å²) in [5.41, 5.74) is 1.44. The highest BCUT2D eigenvalue weighted by Crippen LogP contribution is 2.18. The Morgan fingerprint density at radius 1 is 1.53 bits per heavy atom. The summed E-state index contributed by atoms with van der Waals surface area (Å²) in [6.45, 7) is 3.78. The monoisotopic (exact) mass is 235 g/mol. The average Bonchev–Trinajstić information content (AvgIpc) is 2.29. The highest BCUT2D eigenvalue weighted by atomic mass is 19.1. The molecule has 90 valence electrons. The van der Waals surface area contributed by atoms with Gasteiger partial charge in [0, 0.05) is 6.42 Å². The summed E-state index contributed by atoms with van der Waals surface area (Å²) in [7, 11) is 0. The van der Waals surface area contributed by atoms with Gasteiger partial charge in [-0.1, -0.05) is 6.07 Å². The van der Waals surface area contributed by atoms with E-state index >= 15 is 0 Å². The maximum absolute atomic E-state index is 13.2. The minimum absolute atomic E-state index is 0.0476. The first-order chi connectivity index (χ1) is 8.10. The van der Waals surface area contributed by atoms with Crippen molar-refractivity contribution in [1.29, 1.82) is 5.26 Å². The minimum Gasteiger partial charge on any atom is -0.466 e. The second kappa shape index (κ2) is 6.00. The number of nitriles is 1. The summed E-state index contributed by atoms with van der Waals surface area (Å²) < 4.78 is 18.0. The predicted molar refractivity (Wildman–Crippen MR) is 60.8 cm³/mol. The molecule has 0 aliphatic heterocycles. The van der Waals surface area contributed by atoms with Crippen molar-refractivity contribution >= 4 is 5.97 Å². The fourth-order valence-corrected chi connectivity index (χ4v) is 1.60. The van der Waals surface area contributed by atoms with E-state index in [-0.39, 0.29) is 18.0 Å². The summed E-state index contributed by atoms with van der Waals surface area (Å²) in [6, 6.07) is 4.68. The summed E-state index contributed by atoms with van der Waals surface area (Å²) in [5, 5.41) is 8.80. The molecular weight excluding hydrogens is 221 g/mol. The van der Waals surface area contributed by atoms with Crippen molar-refractivity contribution < 1.29 is 13.9 Å². The molecule has 1 aromatic carbocycles. The number of aryl methyl sites for hydroxylation is 1. The van der Waals surface area contributed by atoms with Crippen molar-refractivity contribution in [1.82, 2.24) is 0 Å². The molecular formula is C13H14FNO2. The van der Waals surface area contributed by atoms with Gasteiger partial charge in [0.2, 0.25) is 0 Å². The Labute approximate surface area is 99.8 Å². The van der Waals surface area contributed by atoms with Crippen LogP contribution < -0.4 is 0 Å². The zero-order valence-electron chi connectivity index (χ0n) is 9.92. The van der Waals surface area contributed by atoms with Crippen molar-refractivity contribution in [2.75, 3.05) is 6.61 Å². The van der Waals surface area contributed by atoms with Gasteiger partial charge in [-0.3, -0.25) is 4.79 Å². The van der Waals surface area contributed by atoms with Gasteiger partial charge in [0.25, 0.3) is 0 Å². The first-order valence-corrected chi connectivity index (χ1v) is 5.43. The number of carbonyl (C=O) groups excluding carboxylic acids is 1. The van der Waals surface area contributed by atoms with Crippen LogP contribution in [0.3, 0.4) is 0 Å². The van der Waals surface area contributed by atoms with E-state index in [2.05, 4.69) is 0 Å². The first-order valence-electron chi connectivity index (χ1n) is 5.43. The van der Waals surface area contributed by atoms with Crippen LogP contribution in [-0.4, -0.2) is 12.6 Å². The molecule has 0 aromatic heterocycles. The largest absolute Gasteiger partial charge is 0.466 e. The van der Waals surface area contributed by atoms with Crippen LogP contribution >= 0.6 is 0 Å². The molecule has 0 saturated carbocycles. The molecule has 1 aromatic rings. The molecule has 0 bridgehead atoms. The molecule has 0 amide bonds. The highest BCUT2D eigenvalue weighted by Gasteiger charge is 2.11. The van der Waals surface area contributed by atoms with Crippen molar-refractivity contribution in [2.45, 2.75) is 26.7 Å². The van der Waals surface area contributed by atoms with Crippen LogP contribution in [-0.2, 0) is 16.0 Å². The van der Waals surface area contributed by atoms with Gasteiger partial charge in [-0.2, -0.15) is 5.26 Å². The molecule has 3 nitrogen and oxygen atoms in total. The maximum Gasteiger partial charge on any atom is 0.306 e. The van der Waals surface area contributed by atoms with Crippen LogP contribution in [0.1, 0.15) is 30.0 Å².